The highest BCUT2D eigenvalue weighted by atomic mass is 32.1. The highest BCUT2D eigenvalue weighted by Gasteiger charge is 2.34. The van der Waals surface area contributed by atoms with Crippen LogP contribution in [0.5, 0.6) is 0 Å². The number of hydrazone groups is 1. The van der Waals surface area contributed by atoms with Gasteiger partial charge in [0.2, 0.25) is 5.91 Å². The highest BCUT2D eigenvalue weighted by Crippen LogP contribution is 2.34. The van der Waals surface area contributed by atoms with E-state index in [9.17, 15) is 14.0 Å². The monoisotopic (exact) mass is 399 g/mol. The zero-order valence-corrected chi connectivity index (χ0v) is 16.3. The minimum atomic E-state index is -0.317. The number of benzene rings is 1. The zero-order chi connectivity index (χ0) is 19.5. The number of nitrogens with zero attached hydrogens (tertiary/aromatic N) is 2. The van der Waals surface area contributed by atoms with Crippen molar-refractivity contribution in [1.82, 2.24) is 10.3 Å². The molecule has 0 radical (unpaired) electrons. The molecule has 1 aromatic carbocycles. The summed E-state index contributed by atoms with van der Waals surface area (Å²) in [5.41, 5.74) is 1.66. The fourth-order valence-corrected chi connectivity index (χ4v) is 4.57. The van der Waals surface area contributed by atoms with E-state index in [4.69, 9.17) is 0 Å². The standard InChI is InChI=1S/C21H22FN3O2S/c22-16-9-7-14(8-10-16)18-12-17(19-6-3-11-28-19)24-25(18)20(26)13-23-21(27)15-4-1-2-5-15/h3,6-11,15,18H,1-2,4-5,12-13H2,(H,23,27)/t18-/m0/s1. The van der Waals surface area contributed by atoms with Crippen LogP contribution in [0.15, 0.2) is 46.9 Å². The van der Waals surface area contributed by atoms with Crippen molar-refractivity contribution in [2.24, 2.45) is 11.0 Å². The Bertz CT molecular complexity index is 874. The van der Waals surface area contributed by atoms with E-state index in [2.05, 4.69) is 10.4 Å². The van der Waals surface area contributed by atoms with Crippen molar-refractivity contribution in [3.63, 3.8) is 0 Å². The molecular formula is C21H22FN3O2S. The first-order valence-corrected chi connectivity index (χ1v) is 10.5. The van der Waals surface area contributed by atoms with Gasteiger partial charge in [0.1, 0.15) is 5.82 Å². The van der Waals surface area contributed by atoms with E-state index in [-0.39, 0.29) is 36.1 Å². The van der Waals surface area contributed by atoms with Crippen molar-refractivity contribution < 1.29 is 14.0 Å². The first-order valence-electron chi connectivity index (χ1n) is 9.58. The van der Waals surface area contributed by atoms with Gasteiger partial charge in [-0.2, -0.15) is 5.10 Å². The van der Waals surface area contributed by atoms with Crippen molar-refractivity contribution in [2.45, 2.75) is 38.1 Å². The van der Waals surface area contributed by atoms with Gasteiger partial charge < -0.3 is 5.32 Å². The van der Waals surface area contributed by atoms with Gasteiger partial charge in [-0.25, -0.2) is 9.40 Å². The fraction of sp³-hybridized carbons (Fsp3) is 0.381. The normalized spacial score (nSPS) is 19.7. The van der Waals surface area contributed by atoms with Crippen molar-refractivity contribution in [1.29, 1.82) is 0 Å². The Kier molecular flexibility index (Phi) is 5.52. The maximum absolute atomic E-state index is 13.3. The molecule has 1 fully saturated rings. The summed E-state index contributed by atoms with van der Waals surface area (Å²) >= 11 is 1.57. The van der Waals surface area contributed by atoms with Gasteiger partial charge in [0.05, 0.1) is 23.2 Å². The summed E-state index contributed by atoms with van der Waals surface area (Å²) in [5, 5.41) is 10.7. The van der Waals surface area contributed by atoms with Crippen molar-refractivity contribution in [3.05, 3.63) is 58.0 Å². The molecule has 2 heterocycles. The number of halogens is 1. The maximum Gasteiger partial charge on any atom is 0.262 e. The zero-order valence-electron chi connectivity index (χ0n) is 15.4. The molecule has 1 aliphatic carbocycles. The van der Waals surface area contributed by atoms with E-state index in [1.165, 1.54) is 17.1 Å². The van der Waals surface area contributed by atoms with Gasteiger partial charge in [0.25, 0.3) is 5.91 Å². The molecule has 1 aliphatic heterocycles. The lowest BCUT2D eigenvalue weighted by molar-refractivity contribution is -0.135. The number of thiophene rings is 1. The lowest BCUT2D eigenvalue weighted by atomic mass is 10.0. The molecule has 1 atom stereocenters. The molecule has 0 spiro atoms. The van der Waals surface area contributed by atoms with Crippen LogP contribution in [0, 0.1) is 11.7 Å². The number of hydrogen-bond donors (Lipinski definition) is 1. The van der Waals surface area contributed by atoms with E-state index in [0.717, 1.165) is 41.8 Å². The Balaban J connectivity index is 1.50. The number of carbonyl (C=O) groups is 2. The number of amides is 2. The average Bonchev–Trinajstić information content (AvgIpc) is 3.47. The molecule has 146 valence electrons. The molecule has 1 saturated carbocycles. The molecular weight excluding hydrogens is 377 g/mol. The second-order valence-corrected chi connectivity index (χ2v) is 8.18. The third kappa shape index (κ3) is 3.99. The van der Waals surface area contributed by atoms with Crippen LogP contribution in [-0.4, -0.2) is 29.1 Å². The smallest absolute Gasteiger partial charge is 0.262 e. The molecule has 2 aromatic rings. The third-order valence-electron chi connectivity index (χ3n) is 5.37. The summed E-state index contributed by atoms with van der Waals surface area (Å²) in [6.07, 6.45) is 4.48. The van der Waals surface area contributed by atoms with Gasteiger partial charge in [0, 0.05) is 12.3 Å². The van der Waals surface area contributed by atoms with Crippen LogP contribution in [0.4, 0.5) is 4.39 Å². The summed E-state index contributed by atoms with van der Waals surface area (Å²) in [4.78, 5) is 26.1. The fourth-order valence-electron chi connectivity index (χ4n) is 3.85. The predicted molar refractivity (Wildman–Crippen MR) is 106 cm³/mol. The lowest BCUT2D eigenvalue weighted by Crippen LogP contribution is -2.39. The summed E-state index contributed by atoms with van der Waals surface area (Å²) in [6.45, 7) is -0.0752. The number of nitrogens with one attached hydrogen (secondary N) is 1. The molecule has 2 amide bonds. The van der Waals surface area contributed by atoms with Gasteiger partial charge in [-0.1, -0.05) is 31.0 Å². The molecule has 7 heteroatoms. The van der Waals surface area contributed by atoms with Crippen molar-refractivity contribution in [2.75, 3.05) is 6.54 Å². The van der Waals surface area contributed by atoms with E-state index in [0.29, 0.717) is 6.42 Å². The second-order valence-electron chi connectivity index (χ2n) is 7.23. The Morgan fingerprint density at radius 1 is 1.18 bits per heavy atom. The maximum atomic E-state index is 13.3. The van der Waals surface area contributed by atoms with Crippen LogP contribution in [0.1, 0.15) is 48.6 Å². The first-order chi connectivity index (χ1) is 13.6. The van der Waals surface area contributed by atoms with Crippen LogP contribution >= 0.6 is 11.3 Å². The molecule has 5 nitrogen and oxygen atoms in total. The molecule has 0 unspecified atom stereocenters. The van der Waals surface area contributed by atoms with Crippen LogP contribution in [0.2, 0.25) is 0 Å². The summed E-state index contributed by atoms with van der Waals surface area (Å²) in [6, 6.07) is 9.78. The third-order valence-corrected chi connectivity index (χ3v) is 6.28. The van der Waals surface area contributed by atoms with Gasteiger partial charge in [0.15, 0.2) is 0 Å². The largest absolute Gasteiger partial charge is 0.347 e. The average molecular weight is 399 g/mol. The molecule has 4 rings (SSSR count). The Hall–Kier alpha value is -2.54. The number of carbonyl (C=O) groups excluding carboxylic acids is 2. The number of rotatable bonds is 5. The summed E-state index contributed by atoms with van der Waals surface area (Å²) < 4.78 is 13.3. The van der Waals surface area contributed by atoms with E-state index in [1.54, 1.807) is 23.5 Å². The second kappa shape index (κ2) is 8.22. The Labute approximate surface area is 167 Å². The van der Waals surface area contributed by atoms with Gasteiger partial charge in [-0.15, -0.1) is 11.3 Å². The summed E-state index contributed by atoms with van der Waals surface area (Å²) in [7, 11) is 0. The van der Waals surface area contributed by atoms with Crippen LogP contribution in [0.3, 0.4) is 0 Å². The van der Waals surface area contributed by atoms with E-state index in [1.807, 2.05) is 17.5 Å². The van der Waals surface area contributed by atoms with Crippen LogP contribution in [0.25, 0.3) is 0 Å². The molecule has 0 saturated heterocycles. The van der Waals surface area contributed by atoms with Crippen molar-refractivity contribution in [3.8, 4) is 0 Å². The van der Waals surface area contributed by atoms with E-state index < -0.39 is 0 Å². The Morgan fingerprint density at radius 2 is 1.93 bits per heavy atom. The predicted octanol–water partition coefficient (Wildman–Crippen LogP) is 3.87. The van der Waals surface area contributed by atoms with Crippen LogP contribution < -0.4 is 5.32 Å². The van der Waals surface area contributed by atoms with Gasteiger partial charge >= 0.3 is 0 Å². The quantitative estimate of drug-likeness (QED) is 0.830. The van der Waals surface area contributed by atoms with Crippen LogP contribution in [-0.2, 0) is 9.59 Å². The van der Waals surface area contributed by atoms with Gasteiger partial charge in [-0.05, 0) is 42.0 Å². The van der Waals surface area contributed by atoms with E-state index >= 15 is 0 Å². The SMILES string of the molecule is O=C(NCC(=O)N1N=C(c2cccs2)C[C@H]1c1ccc(F)cc1)C1CCCC1. The molecule has 1 aromatic heterocycles. The van der Waals surface area contributed by atoms with Crippen molar-refractivity contribution >= 4 is 28.9 Å². The Morgan fingerprint density at radius 3 is 2.61 bits per heavy atom. The highest BCUT2D eigenvalue weighted by molar-refractivity contribution is 7.12. The van der Waals surface area contributed by atoms with Gasteiger partial charge in [-0.3, -0.25) is 9.59 Å². The minimum absolute atomic E-state index is 0.0180. The number of hydrogen-bond acceptors (Lipinski definition) is 4. The topological polar surface area (TPSA) is 61.8 Å². The molecule has 1 N–H and O–H groups in total. The lowest BCUT2D eigenvalue weighted by Gasteiger charge is -2.22. The molecule has 0 bridgehead atoms. The first kappa shape index (κ1) is 18.8. The summed E-state index contributed by atoms with van der Waals surface area (Å²) in [5.74, 6) is -0.606. The minimum Gasteiger partial charge on any atom is -0.347 e. The molecule has 2 aliphatic rings. The molecule has 28 heavy (non-hydrogen) atoms.